The summed E-state index contributed by atoms with van der Waals surface area (Å²) in [6.45, 7) is 2.90. The number of ether oxygens (including phenoxy) is 1. The number of sulfone groups is 1. The molecule has 0 radical (unpaired) electrons. The minimum atomic E-state index is -3.09. The molecular formula is C16H23N3O5S. The van der Waals surface area contributed by atoms with Gasteiger partial charge in [0, 0.05) is 26.2 Å². The molecule has 1 aliphatic heterocycles. The fraction of sp³-hybridized carbons (Fsp3) is 0.562. The summed E-state index contributed by atoms with van der Waals surface area (Å²) >= 11 is 0. The van der Waals surface area contributed by atoms with Crippen LogP contribution in [0.5, 0.6) is 0 Å². The first-order chi connectivity index (χ1) is 11.9. The van der Waals surface area contributed by atoms with E-state index in [1.165, 1.54) is 24.1 Å². The number of hydrogen-bond acceptors (Lipinski definition) is 6. The number of pyridine rings is 1. The third kappa shape index (κ3) is 4.99. The SMILES string of the molecule is CCN(C(=O)c1cccc(C(=O)NCCOC)n1)C1CCS(=O)(=O)C1. The summed E-state index contributed by atoms with van der Waals surface area (Å²) in [6.07, 6.45) is 0.430. The van der Waals surface area contributed by atoms with Crippen LogP contribution in [-0.4, -0.2) is 74.5 Å². The van der Waals surface area contributed by atoms with Gasteiger partial charge in [-0.25, -0.2) is 13.4 Å². The van der Waals surface area contributed by atoms with E-state index in [0.717, 1.165) is 0 Å². The van der Waals surface area contributed by atoms with Crippen molar-refractivity contribution in [3.05, 3.63) is 29.6 Å². The van der Waals surface area contributed by atoms with E-state index in [9.17, 15) is 18.0 Å². The van der Waals surface area contributed by atoms with Crippen molar-refractivity contribution in [2.24, 2.45) is 0 Å². The summed E-state index contributed by atoms with van der Waals surface area (Å²) in [5.41, 5.74) is 0.266. The highest BCUT2D eigenvalue weighted by molar-refractivity contribution is 7.91. The Morgan fingerprint density at radius 2 is 2.08 bits per heavy atom. The maximum atomic E-state index is 12.7. The van der Waals surface area contributed by atoms with Crippen LogP contribution in [0.25, 0.3) is 0 Å². The first-order valence-corrected chi connectivity index (χ1v) is 9.95. The lowest BCUT2D eigenvalue weighted by Crippen LogP contribution is -2.41. The highest BCUT2D eigenvalue weighted by atomic mass is 32.2. The fourth-order valence-electron chi connectivity index (χ4n) is 2.77. The third-order valence-electron chi connectivity index (χ3n) is 4.04. The first-order valence-electron chi connectivity index (χ1n) is 8.13. The molecule has 25 heavy (non-hydrogen) atoms. The second-order valence-corrected chi connectivity index (χ2v) is 8.03. The van der Waals surface area contributed by atoms with Gasteiger partial charge in [0.25, 0.3) is 11.8 Å². The molecule has 1 atom stereocenters. The van der Waals surface area contributed by atoms with Crippen molar-refractivity contribution in [2.45, 2.75) is 19.4 Å². The maximum absolute atomic E-state index is 12.7. The number of nitrogens with zero attached hydrogens (tertiary/aromatic N) is 2. The molecule has 1 aliphatic rings. The summed E-state index contributed by atoms with van der Waals surface area (Å²) in [4.78, 5) is 30.4. The predicted molar refractivity (Wildman–Crippen MR) is 92.2 cm³/mol. The van der Waals surface area contributed by atoms with Crippen LogP contribution in [0.1, 0.15) is 34.3 Å². The largest absolute Gasteiger partial charge is 0.383 e. The zero-order valence-corrected chi connectivity index (χ0v) is 15.2. The Kier molecular flexibility index (Phi) is 6.49. The summed E-state index contributed by atoms with van der Waals surface area (Å²) in [5, 5.41) is 2.64. The van der Waals surface area contributed by atoms with Crippen LogP contribution in [-0.2, 0) is 14.6 Å². The molecule has 9 heteroatoms. The van der Waals surface area contributed by atoms with Crippen molar-refractivity contribution >= 4 is 21.7 Å². The van der Waals surface area contributed by atoms with E-state index in [1.54, 1.807) is 13.0 Å². The lowest BCUT2D eigenvalue weighted by molar-refractivity contribution is 0.0702. The van der Waals surface area contributed by atoms with Gasteiger partial charge in [-0.15, -0.1) is 0 Å². The van der Waals surface area contributed by atoms with Gasteiger partial charge < -0.3 is 15.0 Å². The molecule has 0 spiro atoms. The molecule has 1 unspecified atom stereocenters. The number of hydrogen-bond donors (Lipinski definition) is 1. The van der Waals surface area contributed by atoms with Gasteiger partial charge in [-0.1, -0.05) is 6.07 Å². The molecule has 8 nitrogen and oxygen atoms in total. The number of rotatable bonds is 7. The molecule has 2 amide bonds. The van der Waals surface area contributed by atoms with E-state index >= 15 is 0 Å². The molecule has 1 N–H and O–H groups in total. The Hall–Kier alpha value is -2.00. The molecule has 1 saturated heterocycles. The van der Waals surface area contributed by atoms with Gasteiger partial charge in [-0.3, -0.25) is 9.59 Å². The third-order valence-corrected chi connectivity index (χ3v) is 5.79. The monoisotopic (exact) mass is 369 g/mol. The lowest BCUT2D eigenvalue weighted by atomic mass is 10.2. The second-order valence-electron chi connectivity index (χ2n) is 5.80. The Morgan fingerprint density at radius 1 is 1.36 bits per heavy atom. The van der Waals surface area contributed by atoms with Gasteiger partial charge in [-0.2, -0.15) is 0 Å². The van der Waals surface area contributed by atoms with E-state index in [-0.39, 0.29) is 34.8 Å². The van der Waals surface area contributed by atoms with E-state index in [2.05, 4.69) is 10.3 Å². The summed E-state index contributed by atoms with van der Waals surface area (Å²) < 4.78 is 28.2. The highest BCUT2D eigenvalue weighted by Gasteiger charge is 2.34. The average Bonchev–Trinajstić information content (AvgIpc) is 2.95. The molecule has 0 bridgehead atoms. The molecule has 2 rings (SSSR count). The van der Waals surface area contributed by atoms with E-state index in [4.69, 9.17) is 4.74 Å². The van der Waals surface area contributed by atoms with E-state index in [1.807, 2.05) is 0 Å². The van der Waals surface area contributed by atoms with Crippen molar-refractivity contribution in [2.75, 3.05) is 38.3 Å². The number of carbonyl (C=O) groups is 2. The van der Waals surface area contributed by atoms with Gasteiger partial charge >= 0.3 is 0 Å². The fourth-order valence-corrected chi connectivity index (χ4v) is 4.50. The number of aromatic nitrogens is 1. The summed E-state index contributed by atoms with van der Waals surface area (Å²) in [5.74, 6) is -0.685. The molecule has 0 aromatic carbocycles. The lowest BCUT2D eigenvalue weighted by Gasteiger charge is -2.26. The van der Waals surface area contributed by atoms with Gasteiger partial charge in [0.15, 0.2) is 9.84 Å². The molecule has 1 aromatic heterocycles. The Labute approximate surface area is 147 Å². The van der Waals surface area contributed by atoms with Crippen molar-refractivity contribution in [3.63, 3.8) is 0 Å². The van der Waals surface area contributed by atoms with Crippen LogP contribution in [0.15, 0.2) is 18.2 Å². The number of nitrogens with one attached hydrogen (secondary N) is 1. The molecule has 2 heterocycles. The van der Waals surface area contributed by atoms with Crippen LogP contribution >= 0.6 is 0 Å². The average molecular weight is 369 g/mol. The molecule has 1 aromatic rings. The van der Waals surface area contributed by atoms with Gasteiger partial charge in [0.2, 0.25) is 0 Å². The molecule has 138 valence electrons. The van der Waals surface area contributed by atoms with Crippen LogP contribution in [0, 0.1) is 0 Å². The summed E-state index contributed by atoms with van der Waals surface area (Å²) in [6, 6.07) is 4.30. The van der Waals surface area contributed by atoms with Gasteiger partial charge in [0.1, 0.15) is 11.4 Å². The van der Waals surface area contributed by atoms with Crippen molar-refractivity contribution in [1.82, 2.24) is 15.2 Å². The molecule has 0 aliphatic carbocycles. The van der Waals surface area contributed by atoms with Gasteiger partial charge in [0.05, 0.1) is 18.1 Å². The smallest absolute Gasteiger partial charge is 0.272 e. The predicted octanol–water partition coefficient (Wildman–Crippen LogP) is 0.107. The quantitative estimate of drug-likeness (QED) is 0.684. The molecule has 0 saturated carbocycles. The van der Waals surface area contributed by atoms with Crippen LogP contribution in [0.2, 0.25) is 0 Å². The zero-order chi connectivity index (χ0) is 18.4. The minimum absolute atomic E-state index is 0.0240. The molecule has 1 fully saturated rings. The van der Waals surface area contributed by atoms with Crippen LogP contribution < -0.4 is 5.32 Å². The van der Waals surface area contributed by atoms with Gasteiger partial charge in [-0.05, 0) is 25.5 Å². The van der Waals surface area contributed by atoms with Crippen molar-refractivity contribution in [1.29, 1.82) is 0 Å². The van der Waals surface area contributed by atoms with Crippen LogP contribution in [0.4, 0.5) is 0 Å². The number of amides is 2. The Morgan fingerprint density at radius 3 is 2.68 bits per heavy atom. The maximum Gasteiger partial charge on any atom is 0.272 e. The minimum Gasteiger partial charge on any atom is -0.383 e. The number of carbonyl (C=O) groups excluding carboxylic acids is 2. The molecular weight excluding hydrogens is 346 g/mol. The topological polar surface area (TPSA) is 106 Å². The second kappa shape index (κ2) is 8.39. The van der Waals surface area contributed by atoms with Crippen molar-refractivity contribution < 1.29 is 22.7 Å². The van der Waals surface area contributed by atoms with Crippen LogP contribution in [0.3, 0.4) is 0 Å². The zero-order valence-electron chi connectivity index (χ0n) is 14.4. The summed E-state index contributed by atoms with van der Waals surface area (Å²) in [7, 11) is -1.56. The standard InChI is InChI=1S/C16H23N3O5S/c1-3-19(12-7-10-25(22,23)11-12)16(21)14-6-4-5-13(18-14)15(20)17-8-9-24-2/h4-6,12H,3,7-11H2,1-2H3,(H,17,20). The highest BCUT2D eigenvalue weighted by Crippen LogP contribution is 2.19. The Bertz CT molecular complexity index is 735. The Balaban J connectivity index is 2.13. The van der Waals surface area contributed by atoms with E-state index < -0.39 is 15.7 Å². The number of methoxy groups -OCH3 is 1. The first kappa shape index (κ1) is 19.3. The normalized spacial score (nSPS) is 18.7. The van der Waals surface area contributed by atoms with Crippen molar-refractivity contribution in [3.8, 4) is 0 Å². The van der Waals surface area contributed by atoms with E-state index in [0.29, 0.717) is 26.1 Å².